The van der Waals surface area contributed by atoms with E-state index in [1.165, 1.54) is 5.56 Å². The highest BCUT2D eigenvalue weighted by molar-refractivity contribution is 5.33. The molecule has 0 amide bonds. The number of hydrogen-bond donors (Lipinski definition) is 1. The zero-order valence-corrected chi connectivity index (χ0v) is 12.7. The van der Waals surface area contributed by atoms with Gasteiger partial charge in [-0.15, -0.1) is 0 Å². The molecule has 4 nitrogen and oxygen atoms in total. The maximum absolute atomic E-state index is 5.98. The molecule has 4 heteroatoms. The summed E-state index contributed by atoms with van der Waals surface area (Å²) in [7, 11) is 3.92. The summed E-state index contributed by atoms with van der Waals surface area (Å²) in [6, 6.07) is 8.26. The van der Waals surface area contributed by atoms with Gasteiger partial charge in [-0.25, -0.2) is 0 Å². The summed E-state index contributed by atoms with van der Waals surface area (Å²) in [6.07, 6.45) is 0.993. The van der Waals surface area contributed by atoms with Gasteiger partial charge in [0, 0.05) is 32.7 Å². The molecule has 1 aliphatic heterocycles. The second-order valence-electron chi connectivity index (χ2n) is 5.72. The maximum atomic E-state index is 5.98. The van der Waals surface area contributed by atoms with Crippen LogP contribution < -0.4 is 10.5 Å². The average Bonchev–Trinajstić information content (AvgIpc) is 2.49. The van der Waals surface area contributed by atoms with Crippen LogP contribution in [0, 0.1) is 5.92 Å². The smallest absolute Gasteiger partial charge is 0.122 e. The van der Waals surface area contributed by atoms with Crippen molar-refractivity contribution in [3.8, 4) is 5.75 Å². The molecule has 1 atom stereocenters. The Balaban J connectivity index is 1.91. The molecule has 0 saturated carbocycles. The number of benzene rings is 1. The quantitative estimate of drug-likeness (QED) is 0.844. The van der Waals surface area contributed by atoms with E-state index in [9.17, 15) is 0 Å². The van der Waals surface area contributed by atoms with Crippen LogP contribution in [0.2, 0.25) is 0 Å². The van der Waals surface area contributed by atoms with E-state index in [4.69, 9.17) is 10.5 Å². The summed E-state index contributed by atoms with van der Waals surface area (Å²) in [4.78, 5) is 4.92. The van der Waals surface area contributed by atoms with E-state index in [-0.39, 0.29) is 0 Å². The lowest BCUT2D eigenvalue weighted by atomic mass is 9.97. The van der Waals surface area contributed by atoms with Gasteiger partial charge in [-0.1, -0.05) is 18.2 Å². The fraction of sp³-hybridized carbons (Fsp3) is 0.625. The normalized spacial score (nSPS) is 18.9. The first kappa shape index (κ1) is 15.3. The molecular formula is C16H27N3O. The van der Waals surface area contributed by atoms with Gasteiger partial charge in [0.05, 0.1) is 7.11 Å². The Hall–Kier alpha value is -1.10. The van der Waals surface area contributed by atoms with Crippen molar-refractivity contribution in [3.63, 3.8) is 0 Å². The van der Waals surface area contributed by atoms with E-state index in [1.54, 1.807) is 7.11 Å². The predicted octanol–water partition coefficient (Wildman–Crippen LogP) is 1.06. The van der Waals surface area contributed by atoms with E-state index < -0.39 is 0 Å². The third-order valence-electron chi connectivity index (χ3n) is 4.15. The highest BCUT2D eigenvalue weighted by Gasteiger charge is 2.18. The molecule has 2 N–H and O–H groups in total. The molecule has 0 spiro atoms. The lowest BCUT2D eigenvalue weighted by Gasteiger charge is -2.34. The van der Waals surface area contributed by atoms with Crippen molar-refractivity contribution >= 4 is 0 Å². The van der Waals surface area contributed by atoms with Crippen molar-refractivity contribution in [3.05, 3.63) is 29.8 Å². The third-order valence-corrected chi connectivity index (χ3v) is 4.15. The number of nitrogens with zero attached hydrogens (tertiary/aromatic N) is 2. The topological polar surface area (TPSA) is 41.7 Å². The van der Waals surface area contributed by atoms with Crippen molar-refractivity contribution in [2.45, 2.75) is 6.42 Å². The van der Waals surface area contributed by atoms with Crippen LogP contribution in [0.3, 0.4) is 0 Å². The van der Waals surface area contributed by atoms with E-state index in [0.717, 1.165) is 51.4 Å². The Labute approximate surface area is 122 Å². The molecule has 1 heterocycles. The number of rotatable bonds is 6. The Morgan fingerprint density at radius 3 is 2.55 bits per heavy atom. The van der Waals surface area contributed by atoms with Crippen LogP contribution in [0.25, 0.3) is 0 Å². The first-order valence-electron chi connectivity index (χ1n) is 7.45. The predicted molar refractivity (Wildman–Crippen MR) is 83.2 cm³/mol. The Bertz CT molecular complexity index is 402. The van der Waals surface area contributed by atoms with E-state index in [1.807, 2.05) is 12.1 Å². The zero-order chi connectivity index (χ0) is 14.4. The Morgan fingerprint density at radius 2 is 1.90 bits per heavy atom. The van der Waals surface area contributed by atoms with E-state index in [2.05, 4.69) is 29.0 Å². The van der Waals surface area contributed by atoms with Crippen molar-refractivity contribution in [2.24, 2.45) is 11.7 Å². The van der Waals surface area contributed by atoms with Crippen LogP contribution >= 0.6 is 0 Å². The summed E-state index contributed by atoms with van der Waals surface area (Å²) in [6.45, 7) is 6.43. The molecule has 1 aliphatic rings. The molecule has 1 aromatic rings. The summed E-state index contributed by atoms with van der Waals surface area (Å²) in [5.74, 6) is 1.47. The van der Waals surface area contributed by atoms with Crippen LogP contribution in [-0.2, 0) is 6.42 Å². The van der Waals surface area contributed by atoms with Crippen LogP contribution in [0.15, 0.2) is 24.3 Å². The molecule has 1 unspecified atom stereocenters. The van der Waals surface area contributed by atoms with Crippen molar-refractivity contribution in [1.82, 2.24) is 9.80 Å². The summed E-state index contributed by atoms with van der Waals surface area (Å²) in [5, 5.41) is 0. The number of piperazine rings is 1. The lowest BCUT2D eigenvalue weighted by Crippen LogP contribution is -2.47. The second-order valence-corrected chi connectivity index (χ2v) is 5.72. The first-order valence-corrected chi connectivity index (χ1v) is 7.45. The molecule has 0 radical (unpaired) electrons. The van der Waals surface area contributed by atoms with Gasteiger partial charge in [-0.2, -0.15) is 0 Å². The van der Waals surface area contributed by atoms with Gasteiger partial charge in [0.15, 0.2) is 0 Å². The van der Waals surface area contributed by atoms with Gasteiger partial charge in [0.2, 0.25) is 0 Å². The average molecular weight is 277 g/mol. The van der Waals surface area contributed by atoms with Gasteiger partial charge in [-0.05, 0) is 37.6 Å². The molecule has 0 aromatic heterocycles. The van der Waals surface area contributed by atoms with Gasteiger partial charge in [-0.3, -0.25) is 0 Å². The highest BCUT2D eigenvalue weighted by Crippen LogP contribution is 2.21. The molecule has 1 saturated heterocycles. The lowest BCUT2D eigenvalue weighted by molar-refractivity contribution is 0.136. The summed E-state index contributed by atoms with van der Waals surface area (Å²) >= 11 is 0. The Kier molecular flexibility index (Phi) is 5.83. The SMILES string of the molecule is COc1ccccc1CC(CN)CN1CCN(C)CC1. The first-order chi connectivity index (χ1) is 9.72. The molecule has 0 aliphatic carbocycles. The number of nitrogens with two attached hydrogens (primary N) is 1. The van der Waals surface area contributed by atoms with E-state index in [0.29, 0.717) is 5.92 Å². The molecule has 2 rings (SSSR count). The molecule has 20 heavy (non-hydrogen) atoms. The fourth-order valence-corrected chi connectivity index (χ4v) is 2.80. The fourth-order valence-electron chi connectivity index (χ4n) is 2.80. The highest BCUT2D eigenvalue weighted by atomic mass is 16.5. The standard InChI is InChI=1S/C16H27N3O/c1-18-7-9-19(10-8-18)13-14(12-17)11-15-5-3-4-6-16(15)20-2/h3-6,14H,7-13,17H2,1-2H3. The Morgan fingerprint density at radius 1 is 1.20 bits per heavy atom. The maximum Gasteiger partial charge on any atom is 0.122 e. The minimum Gasteiger partial charge on any atom is -0.496 e. The monoisotopic (exact) mass is 277 g/mol. The number of para-hydroxylation sites is 1. The van der Waals surface area contributed by atoms with Crippen molar-refractivity contribution < 1.29 is 4.74 Å². The number of likely N-dealkylation sites (N-methyl/N-ethyl adjacent to an activating group) is 1. The van der Waals surface area contributed by atoms with Crippen molar-refractivity contribution in [1.29, 1.82) is 0 Å². The van der Waals surface area contributed by atoms with Gasteiger partial charge in [0.25, 0.3) is 0 Å². The van der Waals surface area contributed by atoms with Crippen LogP contribution in [0.5, 0.6) is 5.75 Å². The summed E-state index contributed by atoms with van der Waals surface area (Å²) in [5.41, 5.74) is 7.24. The van der Waals surface area contributed by atoms with Gasteiger partial charge >= 0.3 is 0 Å². The van der Waals surface area contributed by atoms with E-state index >= 15 is 0 Å². The summed E-state index contributed by atoms with van der Waals surface area (Å²) < 4.78 is 5.43. The molecule has 1 aromatic carbocycles. The number of ether oxygens (including phenoxy) is 1. The minimum atomic E-state index is 0.495. The molecule has 112 valence electrons. The second kappa shape index (κ2) is 7.62. The number of methoxy groups -OCH3 is 1. The zero-order valence-electron chi connectivity index (χ0n) is 12.7. The molecular weight excluding hydrogens is 250 g/mol. The molecule has 0 bridgehead atoms. The van der Waals surface area contributed by atoms with Crippen LogP contribution in [0.1, 0.15) is 5.56 Å². The largest absolute Gasteiger partial charge is 0.496 e. The van der Waals surface area contributed by atoms with Crippen molar-refractivity contribution in [2.75, 3.05) is 53.4 Å². The van der Waals surface area contributed by atoms with Gasteiger partial charge < -0.3 is 20.3 Å². The molecule has 1 fully saturated rings. The van der Waals surface area contributed by atoms with Crippen LogP contribution in [-0.4, -0.2) is 63.2 Å². The number of hydrogen-bond acceptors (Lipinski definition) is 4. The third kappa shape index (κ3) is 4.20. The van der Waals surface area contributed by atoms with Gasteiger partial charge in [0.1, 0.15) is 5.75 Å². The minimum absolute atomic E-state index is 0.495. The van der Waals surface area contributed by atoms with Crippen LogP contribution in [0.4, 0.5) is 0 Å².